The van der Waals surface area contributed by atoms with Crippen LogP contribution in [0, 0.1) is 0 Å². The van der Waals surface area contributed by atoms with Gasteiger partial charge in [-0.2, -0.15) is 0 Å². The van der Waals surface area contributed by atoms with Gasteiger partial charge in [0.25, 0.3) is 0 Å². The first-order chi connectivity index (χ1) is 22.1. The monoisotopic (exact) mass is 576 g/mol. The van der Waals surface area contributed by atoms with Gasteiger partial charge in [-0.15, -0.1) is 0 Å². The van der Waals surface area contributed by atoms with E-state index < -0.39 is 0 Å². The van der Waals surface area contributed by atoms with Crippen LogP contribution in [-0.4, -0.2) is 4.57 Å². The lowest BCUT2D eigenvalue weighted by atomic mass is 9.82. The van der Waals surface area contributed by atoms with Gasteiger partial charge in [0.1, 0.15) is 0 Å². The van der Waals surface area contributed by atoms with Crippen LogP contribution in [0.1, 0.15) is 25.0 Å². The Labute approximate surface area is 263 Å². The first-order valence-corrected chi connectivity index (χ1v) is 15.7. The molecule has 0 saturated heterocycles. The molecule has 1 heterocycles. The van der Waals surface area contributed by atoms with Crippen molar-refractivity contribution in [2.45, 2.75) is 19.3 Å². The Balaban J connectivity index is 1.30. The number of para-hydroxylation sites is 3. The summed E-state index contributed by atoms with van der Waals surface area (Å²) in [6.45, 7) is 4.71. The molecule has 0 bridgehead atoms. The first-order valence-electron chi connectivity index (χ1n) is 15.7. The number of nitrogens with zero attached hydrogens (tertiary/aromatic N) is 2. The Morgan fingerprint density at radius 2 is 1.20 bits per heavy atom. The van der Waals surface area contributed by atoms with Crippen molar-refractivity contribution >= 4 is 49.6 Å². The molecular formula is C43H32N2. The molecule has 0 unspecified atom stereocenters. The standard InChI is InChI=1S/C43H32N2/c1-43(2)37-20-11-9-18-34(37)36-27-29-24-25-33(26-30(29)28-38(36)43)44(31-14-5-3-6-15-31)40-22-13-23-41-42(40)35-19-10-12-21-39(35)45(41)32-16-7-4-8-17-32/h3-28H,1-2H3. The van der Waals surface area contributed by atoms with E-state index in [1.165, 1.54) is 54.8 Å². The Kier molecular flexibility index (Phi) is 5.58. The molecule has 0 saturated carbocycles. The molecule has 2 heteroatoms. The van der Waals surface area contributed by atoms with Crippen LogP contribution < -0.4 is 4.90 Å². The van der Waals surface area contributed by atoms with Crippen molar-refractivity contribution in [1.82, 2.24) is 4.57 Å². The molecule has 0 fully saturated rings. The van der Waals surface area contributed by atoms with Crippen LogP contribution in [0.3, 0.4) is 0 Å². The zero-order valence-corrected chi connectivity index (χ0v) is 25.4. The molecule has 9 rings (SSSR count). The van der Waals surface area contributed by atoms with E-state index in [1.807, 2.05) is 0 Å². The maximum absolute atomic E-state index is 2.43. The molecule has 1 aliphatic carbocycles. The maximum atomic E-state index is 2.43. The van der Waals surface area contributed by atoms with Gasteiger partial charge in [-0.25, -0.2) is 0 Å². The molecular weight excluding hydrogens is 544 g/mol. The summed E-state index contributed by atoms with van der Waals surface area (Å²) in [5.41, 5.74) is 12.5. The number of fused-ring (bicyclic) bond motifs is 7. The number of hydrogen-bond donors (Lipinski definition) is 0. The van der Waals surface area contributed by atoms with Gasteiger partial charge in [0.15, 0.2) is 0 Å². The molecule has 0 atom stereocenters. The highest BCUT2D eigenvalue weighted by Gasteiger charge is 2.35. The average molecular weight is 577 g/mol. The highest BCUT2D eigenvalue weighted by atomic mass is 15.1. The Morgan fingerprint density at radius 3 is 2.04 bits per heavy atom. The fourth-order valence-corrected chi connectivity index (χ4v) is 7.62. The van der Waals surface area contributed by atoms with Gasteiger partial charge in [0.05, 0.1) is 16.7 Å². The van der Waals surface area contributed by atoms with Crippen molar-refractivity contribution in [3.05, 3.63) is 169 Å². The van der Waals surface area contributed by atoms with Crippen molar-refractivity contribution in [3.63, 3.8) is 0 Å². The van der Waals surface area contributed by atoms with E-state index in [2.05, 4.69) is 181 Å². The van der Waals surface area contributed by atoms with E-state index in [-0.39, 0.29) is 5.41 Å². The lowest BCUT2D eigenvalue weighted by Crippen LogP contribution is -2.14. The summed E-state index contributed by atoms with van der Waals surface area (Å²) in [5.74, 6) is 0. The largest absolute Gasteiger partial charge is 0.310 e. The molecule has 1 aromatic heterocycles. The van der Waals surface area contributed by atoms with E-state index in [1.54, 1.807) is 0 Å². The Morgan fingerprint density at radius 1 is 0.489 bits per heavy atom. The fraction of sp³-hybridized carbons (Fsp3) is 0.0698. The van der Waals surface area contributed by atoms with Crippen molar-refractivity contribution in [2.24, 2.45) is 0 Å². The third kappa shape index (κ3) is 3.82. The van der Waals surface area contributed by atoms with Crippen LogP contribution in [-0.2, 0) is 5.41 Å². The lowest BCUT2D eigenvalue weighted by Gasteiger charge is -2.27. The summed E-state index contributed by atoms with van der Waals surface area (Å²) in [7, 11) is 0. The third-order valence-corrected chi connectivity index (χ3v) is 9.73. The van der Waals surface area contributed by atoms with Crippen molar-refractivity contribution < 1.29 is 0 Å². The second-order valence-electron chi connectivity index (χ2n) is 12.6. The maximum Gasteiger partial charge on any atom is 0.0562 e. The van der Waals surface area contributed by atoms with Crippen LogP contribution >= 0.6 is 0 Å². The molecule has 0 amide bonds. The normalized spacial score (nSPS) is 13.3. The molecule has 0 N–H and O–H groups in total. The predicted molar refractivity (Wildman–Crippen MR) is 191 cm³/mol. The number of aromatic nitrogens is 1. The second kappa shape index (κ2) is 9.70. The quantitative estimate of drug-likeness (QED) is 0.202. The van der Waals surface area contributed by atoms with Gasteiger partial charge in [-0.05, 0) is 99.8 Å². The lowest BCUT2D eigenvalue weighted by molar-refractivity contribution is 0.661. The Hall–Kier alpha value is -5.60. The molecule has 0 spiro atoms. The van der Waals surface area contributed by atoms with Crippen LogP contribution in [0.2, 0.25) is 0 Å². The average Bonchev–Trinajstić information content (AvgIpc) is 3.54. The van der Waals surface area contributed by atoms with E-state index in [0.717, 1.165) is 22.7 Å². The van der Waals surface area contributed by atoms with Crippen LogP contribution in [0.25, 0.3) is 49.4 Å². The van der Waals surface area contributed by atoms with Gasteiger partial charge < -0.3 is 9.47 Å². The predicted octanol–water partition coefficient (Wildman–Crippen LogP) is 11.7. The molecule has 8 aromatic rings. The van der Waals surface area contributed by atoms with Gasteiger partial charge >= 0.3 is 0 Å². The first kappa shape index (κ1) is 25.9. The highest BCUT2D eigenvalue weighted by Crippen LogP contribution is 2.50. The van der Waals surface area contributed by atoms with E-state index in [4.69, 9.17) is 0 Å². The summed E-state index contributed by atoms with van der Waals surface area (Å²) >= 11 is 0. The minimum absolute atomic E-state index is 0.0416. The SMILES string of the molecule is CC1(C)c2ccccc2-c2cc3ccc(N(c4ccccc4)c4cccc5c4c4ccccc4n5-c4ccccc4)cc3cc21. The van der Waals surface area contributed by atoms with E-state index >= 15 is 0 Å². The van der Waals surface area contributed by atoms with Gasteiger partial charge in [0, 0.05) is 33.2 Å². The molecule has 45 heavy (non-hydrogen) atoms. The molecule has 7 aromatic carbocycles. The zero-order chi connectivity index (χ0) is 30.1. The fourth-order valence-electron chi connectivity index (χ4n) is 7.62. The van der Waals surface area contributed by atoms with Crippen LogP contribution in [0.5, 0.6) is 0 Å². The van der Waals surface area contributed by atoms with E-state index in [0.29, 0.717) is 0 Å². The molecule has 214 valence electrons. The number of benzene rings is 7. The summed E-state index contributed by atoms with van der Waals surface area (Å²) in [6.07, 6.45) is 0. The molecule has 2 nitrogen and oxygen atoms in total. The van der Waals surface area contributed by atoms with Crippen LogP contribution in [0.4, 0.5) is 17.1 Å². The summed E-state index contributed by atoms with van der Waals surface area (Å²) in [6, 6.07) is 57.6. The number of rotatable bonds is 4. The second-order valence-corrected chi connectivity index (χ2v) is 12.6. The summed E-state index contributed by atoms with van der Waals surface area (Å²) < 4.78 is 2.39. The smallest absolute Gasteiger partial charge is 0.0562 e. The van der Waals surface area contributed by atoms with Crippen molar-refractivity contribution in [1.29, 1.82) is 0 Å². The zero-order valence-electron chi connectivity index (χ0n) is 25.4. The number of hydrogen-bond acceptors (Lipinski definition) is 1. The molecule has 1 aliphatic rings. The van der Waals surface area contributed by atoms with Gasteiger partial charge in [-0.3, -0.25) is 0 Å². The summed E-state index contributed by atoms with van der Waals surface area (Å²) in [5, 5.41) is 5.00. The Bertz CT molecular complexity index is 2400. The minimum Gasteiger partial charge on any atom is -0.310 e. The number of anilines is 3. The highest BCUT2D eigenvalue weighted by molar-refractivity contribution is 6.16. The van der Waals surface area contributed by atoms with Crippen LogP contribution in [0.15, 0.2) is 158 Å². The topological polar surface area (TPSA) is 8.17 Å². The van der Waals surface area contributed by atoms with Crippen molar-refractivity contribution in [3.8, 4) is 16.8 Å². The van der Waals surface area contributed by atoms with Gasteiger partial charge in [-0.1, -0.05) is 105 Å². The van der Waals surface area contributed by atoms with Crippen molar-refractivity contribution in [2.75, 3.05) is 4.90 Å². The summed E-state index contributed by atoms with van der Waals surface area (Å²) in [4.78, 5) is 2.43. The third-order valence-electron chi connectivity index (χ3n) is 9.73. The molecule has 0 radical (unpaired) electrons. The molecule has 0 aliphatic heterocycles. The van der Waals surface area contributed by atoms with Gasteiger partial charge in [0.2, 0.25) is 0 Å². The minimum atomic E-state index is -0.0416. The van der Waals surface area contributed by atoms with E-state index in [9.17, 15) is 0 Å².